The van der Waals surface area contributed by atoms with Crippen LogP contribution in [0.2, 0.25) is 0 Å². The van der Waals surface area contributed by atoms with Crippen LogP contribution in [0.5, 0.6) is 0 Å². The van der Waals surface area contributed by atoms with E-state index in [-0.39, 0.29) is 23.9 Å². The summed E-state index contributed by atoms with van der Waals surface area (Å²) in [5.41, 5.74) is 0. The molecule has 128 valence electrons. The van der Waals surface area contributed by atoms with Crippen molar-refractivity contribution in [2.45, 2.75) is 25.2 Å². The fourth-order valence-electron chi connectivity index (χ4n) is 1.96. The zero-order valence-electron chi connectivity index (χ0n) is 13.0. The number of sulfonamides is 1. The van der Waals surface area contributed by atoms with E-state index in [9.17, 15) is 22.5 Å². The zero-order valence-corrected chi connectivity index (χ0v) is 13.8. The van der Waals surface area contributed by atoms with Crippen LogP contribution in [0.3, 0.4) is 0 Å². The van der Waals surface area contributed by atoms with Gasteiger partial charge >= 0.3 is 6.03 Å². The highest BCUT2D eigenvalue weighted by atomic mass is 32.2. The molecule has 0 saturated carbocycles. The second kappa shape index (κ2) is 8.68. The number of halogens is 1. The molecule has 0 aliphatic rings. The highest BCUT2D eigenvalue weighted by molar-refractivity contribution is 7.89. The second-order valence-corrected chi connectivity index (χ2v) is 7.33. The van der Waals surface area contributed by atoms with Gasteiger partial charge in [0.1, 0.15) is 5.82 Å². The Morgan fingerprint density at radius 2 is 1.91 bits per heavy atom. The van der Waals surface area contributed by atoms with Crippen LogP contribution in [0.25, 0.3) is 0 Å². The van der Waals surface area contributed by atoms with Gasteiger partial charge in [-0.25, -0.2) is 17.6 Å². The van der Waals surface area contributed by atoms with Crippen LogP contribution in [-0.2, 0) is 10.0 Å². The zero-order chi connectivity index (χ0) is 17.5. The molecule has 0 unspecified atom stereocenters. The number of nitroso groups, excluding NO2 is 1. The first kappa shape index (κ1) is 19.2. The predicted molar refractivity (Wildman–Crippen MR) is 83.8 cm³/mol. The number of nitrogens with zero attached hydrogens (tertiary/aromatic N) is 2. The van der Waals surface area contributed by atoms with Crippen LogP contribution < -0.4 is 5.32 Å². The predicted octanol–water partition coefficient (Wildman–Crippen LogP) is 2.34. The number of carbonyl (C=O) groups excluding carboxylic acids is 1. The van der Waals surface area contributed by atoms with Gasteiger partial charge in [-0.05, 0) is 36.6 Å². The topological polar surface area (TPSA) is 95.9 Å². The van der Waals surface area contributed by atoms with Crippen LogP contribution in [0.4, 0.5) is 9.18 Å². The summed E-state index contributed by atoms with van der Waals surface area (Å²) in [5.74, 6) is -0.417. The summed E-state index contributed by atoms with van der Waals surface area (Å²) in [4.78, 5) is 20.7. The van der Waals surface area contributed by atoms with Gasteiger partial charge in [0.15, 0.2) is 0 Å². The Morgan fingerprint density at radius 1 is 1.30 bits per heavy atom. The minimum atomic E-state index is -3.75. The van der Waals surface area contributed by atoms with Crippen molar-refractivity contribution in [3.63, 3.8) is 0 Å². The van der Waals surface area contributed by atoms with Gasteiger partial charge in [-0.2, -0.15) is 4.31 Å². The molecular formula is C14H20FN3O4S. The van der Waals surface area contributed by atoms with E-state index >= 15 is 0 Å². The number of hydrogen-bond donors (Lipinski definition) is 1. The fraction of sp³-hybridized carbons (Fsp3) is 0.500. The molecule has 1 N–H and O–H groups in total. The lowest BCUT2D eigenvalue weighted by Gasteiger charge is -2.24. The van der Waals surface area contributed by atoms with E-state index in [4.69, 9.17) is 0 Å². The first-order chi connectivity index (χ1) is 10.8. The minimum absolute atomic E-state index is 0.0122. The Bertz CT molecular complexity index is 632. The monoisotopic (exact) mass is 345 g/mol. The average Bonchev–Trinajstić information content (AvgIpc) is 2.50. The third-order valence-electron chi connectivity index (χ3n) is 2.96. The Morgan fingerprint density at radius 3 is 2.43 bits per heavy atom. The Labute approximate surface area is 134 Å². The van der Waals surface area contributed by atoms with Gasteiger partial charge < -0.3 is 5.32 Å². The first-order valence-electron chi connectivity index (χ1n) is 7.14. The Kier molecular flexibility index (Phi) is 7.24. The molecule has 0 aliphatic heterocycles. The van der Waals surface area contributed by atoms with Crippen LogP contribution in [0.15, 0.2) is 34.3 Å². The van der Waals surface area contributed by atoms with Gasteiger partial charge in [0, 0.05) is 24.8 Å². The summed E-state index contributed by atoms with van der Waals surface area (Å²) in [6.07, 6.45) is 0.328. The lowest BCUT2D eigenvalue weighted by Crippen LogP contribution is -2.36. The Balaban J connectivity index is 2.81. The molecule has 0 saturated heterocycles. The summed E-state index contributed by atoms with van der Waals surface area (Å²) in [6.45, 7) is 4.35. The maximum absolute atomic E-state index is 13.0. The fourth-order valence-corrected chi connectivity index (χ4v) is 3.60. The molecule has 0 atom stereocenters. The lowest BCUT2D eigenvalue weighted by atomic mass is 10.2. The standard InChI is InChI=1S/C14H20FN3O4S/c1-11(2)10-18(9-3-8-16-14(19)17-20)23(21,22)13-6-4-12(15)5-7-13/h4-7,11H,3,8-10H2,1-2H3,(H,16,19). The number of nitrogens with one attached hydrogen (secondary N) is 1. The smallest absolute Gasteiger partial charge is 0.334 e. The Hall–Kier alpha value is -1.87. The van der Waals surface area contributed by atoms with E-state index in [0.717, 1.165) is 12.1 Å². The molecule has 0 bridgehead atoms. The largest absolute Gasteiger partial charge is 0.378 e. The molecule has 23 heavy (non-hydrogen) atoms. The summed E-state index contributed by atoms with van der Waals surface area (Å²) < 4.78 is 39.5. The van der Waals surface area contributed by atoms with Gasteiger partial charge in [-0.15, -0.1) is 4.91 Å². The van der Waals surface area contributed by atoms with Crippen molar-refractivity contribution in [2.24, 2.45) is 11.1 Å². The minimum Gasteiger partial charge on any atom is -0.334 e. The van der Waals surface area contributed by atoms with Crippen molar-refractivity contribution < 1.29 is 17.6 Å². The summed E-state index contributed by atoms with van der Waals surface area (Å²) in [5, 5.41) is 4.44. The van der Waals surface area contributed by atoms with Crippen LogP contribution in [-0.4, -0.2) is 38.4 Å². The van der Waals surface area contributed by atoms with E-state index in [2.05, 4.69) is 10.5 Å². The molecule has 9 heteroatoms. The normalized spacial score (nSPS) is 11.7. The van der Waals surface area contributed by atoms with Gasteiger partial charge in [0.25, 0.3) is 0 Å². The first-order valence-corrected chi connectivity index (χ1v) is 8.58. The molecule has 0 aromatic heterocycles. The summed E-state index contributed by atoms with van der Waals surface area (Å²) in [7, 11) is -3.75. The third kappa shape index (κ3) is 6.03. The van der Waals surface area contributed by atoms with E-state index in [1.807, 2.05) is 13.8 Å². The number of rotatable bonds is 8. The number of benzene rings is 1. The average molecular weight is 345 g/mol. The van der Waals surface area contributed by atoms with Crippen molar-refractivity contribution in [3.8, 4) is 0 Å². The third-order valence-corrected chi connectivity index (χ3v) is 4.84. The second-order valence-electron chi connectivity index (χ2n) is 5.39. The van der Waals surface area contributed by atoms with E-state index in [1.54, 1.807) is 0 Å². The molecular weight excluding hydrogens is 325 g/mol. The highest BCUT2D eigenvalue weighted by Gasteiger charge is 2.24. The summed E-state index contributed by atoms with van der Waals surface area (Å²) in [6, 6.07) is 3.64. The molecule has 0 heterocycles. The SMILES string of the molecule is CC(C)CN(CCCNC(=O)N=O)S(=O)(=O)c1ccc(F)cc1. The number of hydrogen-bond acceptors (Lipinski definition) is 4. The summed E-state index contributed by atoms with van der Waals surface area (Å²) >= 11 is 0. The molecule has 0 spiro atoms. The van der Waals surface area contributed by atoms with Crippen LogP contribution in [0.1, 0.15) is 20.3 Å². The lowest BCUT2D eigenvalue weighted by molar-refractivity contribution is 0.248. The highest BCUT2D eigenvalue weighted by Crippen LogP contribution is 2.18. The van der Waals surface area contributed by atoms with Crippen molar-refractivity contribution >= 4 is 16.1 Å². The van der Waals surface area contributed by atoms with E-state index in [0.29, 0.717) is 13.0 Å². The molecule has 2 amide bonds. The molecule has 1 rings (SSSR count). The molecule has 1 aromatic carbocycles. The quantitative estimate of drug-likeness (QED) is 0.578. The van der Waals surface area contributed by atoms with Gasteiger partial charge in [0.2, 0.25) is 10.0 Å². The number of amides is 2. The van der Waals surface area contributed by atoms with Crippen molar-refractivity contribution in [1.29, 1.82) is 0 Å². The maximum Gasteiger partial charge on any atom is 0.378 e. The van der Waals surface area contributed by atoms with Gasteiger partial charge in [0.05, 0.1) is 4.90 Å². The number of urea groups is 1. The van der Waals surface area contributed by atoms with Gasteiger partial charge in [-0.1, -0.05) is 13.8 Å². The van der Waals surface area contributed by atoms with E-state index in [1.165, 1.54) is 16.4 Å². The van der Waals surface area contributed by atoms with Crippen molar-refractivity contribution in [1.82, 2.24) is 9.62 Å². The molecule has 7 nitrogen and oxygen atoms in total. The molecule has 0 radical (unpaired) electrons. The molecule has 0 fully saturated rings. The van der Waals surface area contributed by atoms with Crippen molar-refractivity contribution in [3.05, 3.63) is 35.0 Å². The maximum atomic E-state index is 13.0. The van der Waals surface area contributed by atoms with Crippen LogP contribution >= 0.6 is 0 Å². The van der Waals surface area contributed by atoms with Crippen molar-refractivity contribution in [2.75, 3.05) is 19.6 Å². The molecule has 1 aromatic rings. The van der Waals surface area contributed by atoms with Gasteiger partial charge in [-0.3, -0.25) is 0 Å². The van der Waals surface area contributed by atoms with E-state index < -0.39 is 21.9 Å². The number of carbonyl (C=O) groups is 1. The van der Waals surface area contributed by atoms with Crippen LogP contribution in [0, 0.1) is 16.6 Å². The molecule has 0 aliphatic carbocycles.